The Labute approximate surface area is 171 Å². The molecule has 5 nitrogen and oxygen atoms in total. The largest absolute Gasteiger partial charge is 0.496 e. The first kappa shape index (κ1) is 20.7. The van der Waals surface area contributed by atoms with Crippen LogP contribution in [0.1, 0.15) is 32.8 Å². The summed E-state index contributed by atoms with van der Waals surface area (Å²) < 4.78 is 25.4. The highest BCUT2D eigenvalue weighted by Gasteiger charge is 2.38. The minimum atomic E-state index is -0.731. The van der Waals surface area contributed by atoms with Crippen molar-refractivity contribution >= 4 is 17.3 Å². The number of likely N-dealkylation sites (N-methyl/N-ethyl adjacent to an activating group) is 1. The van der Waals surface area contributed by atoms with E-state index in [1.165, 1.54) is 12.1 Å². The Kier molecular flexibility index (Phi) is 5.55. The molecule has 0 aromatic heterocycles. The molecule has 2 aromatic rings. The third-order valence-electron chi connectivity index (χ3n) is 5.17. The van der Waals surface area contributed by atoms with Crippen molar-refractivity contribution in [2.24, 2.45) is 0 Å². The summed E-state index contributed by atoms with van der Waals surface area (Å²) in [6, 6.07) is 8.18. The van der Waals surface area contributed by atoms with Crippen molar-refractivity contribution in [3.8, 4) is 16.9 Å². The van der Waals surface area contributed by atoms with E-state index in [1.54, 1.807) is 25.1 Å². The van der Waals surface area contributed by atoms with Gasteiger partial charge in [-0.2, -0.15) is 0 Å². The van der Waals surface area contributed by atoms with E-state index in [1.807, 2.05) is 32.9 Å². The second-order valence-corrected chi connectivity index (χ2v) is 7.63. The molecule has 0 spiro atoms. The number of amides is 1. The van der Waals surface area contributed by atoms with E-state index >= 15 is 0 Å². The zero-order valence-corrected chi connectivity index (χ0v) is 17.6. The van der Waals surface area contributed by atoms with Crippen LogP contribution >= 0.6 is 0 Å². The number of hydrogen-bond acceptors (Lipinski definition) is 4. The molecule has 0 fully saturated rings. The van der Waals surface area contributed by atoms with E-state index in [0.717, 1.165) is 16.8 Å². The lowest BCUT2D eigenvalue weighted by Crippen LogP contribution is -2.52. The summed E-state index contributed by atoms with van der Waals surface area (Å²) in [4.78, 5) is 14.5. The van der Waals surface area contributed by atoms with Gasteiger partial charge in [-0.15, -0.1) is 0 Å². The smallest absolute Gasteiger partial charge is 0.251 e. The number of methoxy groups -OCH3 is 1. The van der Waals surface area contributed by atoms with Crippen molar-refractivity contribution in [3.05, 3.63) is 54.1 Å². The lowest BCUT2D eigenvalue weighted by molar-refractivity contribution is -0.121. The standard InChI is InChI=1S/C23H27FN2O3/c1-7-14(2)29-13-18-16(17-12-15(24)8-11-20(17)28-6)9-10-19-21(18)26(5)22(27)23(3,4)25-19/h8-12,25H,2,7,13H2,1,3-6H3. The molecule has 1 aliphatic heterocycles. The summed E-state index contributed by atoms with van der Waals surface area (Å²) in [6.07, 6.45) is 0.674. The zero-order valence-electron chi connectivity index (χ0n) is 17.6. The Morgan fingerprint density at radius 3 is 2.62 bits per heavy atom. The highest BCUT2D eigenvalue weighted by atomic mass is 19.1. The minimum Gasteiger partial charge on any atom is -0.496 e. The van der Waals surface area contributed by atoms with Gasteiger partial charge in [0.05, 0.1) is 24.2 Å². The maximum absolute atomic E-state index is 14.1. The number of nitrogens with one attached hydrogen (secondary N) is 1. The molecule has 154 valence electrons. The zero-order chi connectivity index (χ0) is 21.3. The van der Waals surface area contributed by atoms with Gasteiger partial charge >= 0.3 is 0 Å². The molecule has 6 heteroatoms. The number of carbonyl (C=O) groups is 1. The summed E-state index contributed by atoms with van der Waals surface area (Å²) in [5.74, 6) is 0.744. The average Bonchev–Trinajstić information content (AvgIpc) is 2.69. The summed E-state index contributed by atoms with van der Waals surface area (Å²) in [6.45, 7) is 9.74. The van der Waals surface area contributed by atoms with Gasteiger partial charge in [-0.3, -0.25) is 4.79 Å². The molecule has 1 heterocycles. The number of nitrogens with zero attached hydrogens (tertiary/aromatic N) is 1. The maximum Gasteiger partial charge on any atom is 0.251 e. The number of anilines is 2. The quantitative estimate of drug-likeness (QED) is 0.687. The van der Waals surface area contributed by atoms with Gasteiger partial charge in [-0.05, 0) is 43.7 Å². The molecular weight excluding hydrogens is 371 g/mol. The number of halogens is 1. The van der Waals surface area contributed by atoms with Gasteiger partial charge in [-0.25, -0.2) is 4.39 Å². The highest BCUT2D eigenvalue weighted by molar-refractivity contribution is 6.08. The fraction of sp³-hybridized carbons (Fsp3) is 0.348. The number of rotatable bonds is 6. The van der Waals surface area contributed by atoms with Gasteiger partial charge in [0.1, 0.15) is 23.7 Å². The predicted octanol–water partition coefficient (Wildman–Crippen LogP) is 5.11. The number of hydrogen-bond donors (Lipinski definition) is 1. The van der Waals surface area contributed by atoms with Crippen molar-refractivity contribution in [1.29, 1.82) is 0 Å². The first-order valence-corrected chi connectivity index (χ1v) is 9.56. The van der Waals surface area contributed by atoms with Gasteiger partial charge in [-0.1, -0.05) is 19.6 Å². The highest BCUT2D eigenvalue weighted by Crippen LogP contribution is 2.44. The topological polar surface area (TPSA) is 50.8 Å². The Balaban J connectivity index is 2.24. The molecule has 29 heavy (non-hydrogen) atoms. The van der Waals surface area contributed by atoms with Crippen molar-refractivity contribution in [2.75, 3.05) is 24.4 Å². The molecule has 1 aliphatic rings. The van der Waals surface area contributed by atoms with Crippen LogP contribution in [-0.2, 0) is 16.1 Å². The number of fused-ring (bicyclic) bond motifs is 1. The van der Waals surface area contributed by atoms with Crippen LogP contribution in [0.3, 0.4) is 0 Å². The molecular formula is C23H27FN2O3. The normalized spacial score (nSPS) is 14.8. The van der Waals surface area contributed by atoms with Crippen LogP contribution in [0.4, 0.5) is 15.8 Å². The third-order valence-corrected chi connectivity index (χ3v) is 5.17. The molecule has 3 rings (SSSR count). The Morgan fingerprint density at radius 2 is 1.97 bits per heavy atom. The summed E-state index contributed by atoms with van der Waals surface area (Å²) in [7, 11) is 3.29. The molecule has 2 aromatic carbocycles. The lowest BCUT2D eigenvalue weighted by Gasteiger charge is -2.39. The van der Waals surface area contributed by atoms with Gasteiger partial charge < -0.3 is 19.7 Å². The Morgan fingerprint density at radius 1 is 1.24 bits per heavy atom. The first-order chi connectivity index (χ1) is 13.7. The first-order valence-electron chi connectivity index (χ1n) is 9.56. The number of benzene rings is 2. The maximum atomic E-state index is 14.1. The van der Waals surface area contributed by atoms with Gasteiger partial charge in [0.2, 0.25) is 0 Å². The van der Waals surface area contributed by atoms with Gasteiger partial charge in [0.25, 0.3) is 5.91 Å². The molecule has 0 saturated heterocycles. The van der Waals surface area contributed by atoms with Crippen LogP contribution in [0, 0.1) is 5.82 Å². The third kappa shape index (κ3) is 3.79. The van der Waals surface area contributed by atoms with Crippen molar-refractivity contribution < 1.29 is 18.7 Å². The summed E-state index contributed by atoms with van der Waals surface area (Å²) in [5, 5.41) is 3.30. The Bertz CT molecular complexity index is 969. The number of allylic oxidation sites excluding steroid dienone is 1. The van der Waals surface area contributed by atoms with E-state index in [-0.39, 0.29) is 18.3 Å². The summed E-state index contributed by atoms with van der Waals surface area (Å²) in [5.41, 5.74) is 2.90. The fourth-order valence-electron chi connectivity index (χ4n) is 3.60. The molecule has 1 N–H and O–H groups in total. The molecule has 0 aliphatic carbocycles. The monoisotopic (exact) mass is 398 g/mol. The van der Waals surface area contributed by atoms with Crippen LogP contribution in [0.2, 0.25) is 0 Å². The van der Waals surface area contributed by atoms with Gasteiger partial charge in [0.15, 0.2) is 0 Å². The SMILES string of the molecule is C=C(CC)OCc1c(-c2cc(F)ccc2OC)ccc2c1N(C)C(=O)C(C)(C)N2. The van der Waals surface area contributed by atoms with Crippen LogP contribution in [0.5, 0.6) is 5.75 Å². The molecule has 0 bridgehead atoms. The molecule has 0 unspecified atom stereocenters. The van der Waals surface area contributed by atoms with Crippen molar-refractivity contribution in [3.63, 3.8) is 0 Å². The molecule has 0 saturated carbocycles. The van der Waals surface area contributed by atoms with Crippen LogP contribution in [0.25, 0.3) is 11.1 Å². The van der Waals surface area contributed by atoms with E-state index in [2.05, 4.69) is 11.9 Å². The second kappa shape index (κ2) is 7.78. The number of ether oxygens (including phenoxy) is 2. The summed E-state index contributed by atoms with van der Waals surface area (Å²) >= 11 is 0. The van der Waals surface area contributed by atoms with E-state index in [0.29, 0.717) is 29.2 Å². The van der Waals surface area contributed by atoms with Crippen LogP contribution < -0.4 is 15.0 Å². The Hall–Kier alpha value is -3.02. The molecule has 0 atom stereocenters. The second-order valence-electron chi connectivity index (χ2n) is 7.63. The van der Waals surface area contributed by atoms with Gasteiger partial charge in [0, 0.05) is 24.6 Å². The van der Waals surface area contributed by atoms with Crippen molar-refractivity contribution in [2.45, 2.75) is 39.3 Å². The van der Waals surface area contributed by atoms with Crippen molar-refractivity contribution in [1.82, 2.24) is 0 Å². The predicted molar refractivity (Wildman–Crippen MR) is 114 cm³/mol. The van der Waals surface area contributed by atoms with E-state index in [9.17, 15) is 9.18 Å². The van der Waals surface area contributed by atoms with E-state index < -0.39 is 5.54 Å². The van der Waals surface area contributed by atoms with Crippen LogP contribution in [-0.4, -0.2) is 25.6 Å². The minimum absolute atomic E-state index is 0.0658. The lowest BCUT2D eigenvalue weighted by atomic mass is 9.92. The number of carbonyl (C=O) groups excluding carboxylic acids is 1. The fourth-order valence-corrected chi connectivity index (χ4v) is 3.60. The molecule has 0 radical (unpaired) electrons. The van der Waals surface area contributed by atoms with Crippen LogP contribution in [0.15, 0.2) is 42.7 Å². The molecule has 1 amide bonds. The average molecular weight is 398 g/mol. The van der Waals surface area contributed by atoms with E-state index in [4.69, 9.17) is 9.47 Å².